The van der Waals surface area contributed by atoms with Crippen molar-refractivity contribution in [2.45, 2.75) is 13.5 Å². The van der Waals surface area contributed by atoms with E-state index in [0.717, 1.165) is 5.56 Å². The van der Waals surface area contributed by atoms with E-state index in [1.54, 1.807) is 29.4 Å². The molecule has 0 amide bonds. The minimum atomic E-state index is 0.260. The zero-order valence-corrected chi connectivity index (χ0v) is 14.8. The predicted molar refractivity (Wildman–Crippen MR) is 98.0 cm³/mol. The Kier molecular flexibility index (Phi) is 6.00. The molecule has 0 atom stereocenters. The SMILES string of the molecule is CNCCOc1nc(N=NCc2cccc(C)c2)cc(-n2ccnc2)n1. The minimum absolute atomic E-state index is 0.260. The van der Waals surface area contributed by atoms with Crippen LogP contribution in [0.25, 0.3) is 5.82 Å². The van der Waals surface area contributed by atoms with Crippen LogP contribution in [0.4, 0.5) is 5.82 Å². The highest BCUT2D eigenvalue weighted by molar-refractivity contribution is 5.37. The van der Waals surface area contributed by atoms with Gasteiger partial charge in [0, 0.05) is 25.0 Å². The van der Waals surface area contributed by atoms with Gasteiger partial charge in [0.2, 0.25) is 0 Å². The molecule has 0 spiro atoms. The third kappa shape index (κ3) is 4.93. The standard InChI is InChI=1S/C18H21N7O/c1-14-4-3-5-15(10-14)12-21-24-16-11-17(25-8-6-20-13-25)23-18(22-16)26-9-7-19-2/h3-6,8,10-11,13,19H,7,9,12H2,1-2H3. The maximum Gasteiger partial charge on any atom is 0.320 e. The second-order valence-corrected chi connectivity index (χ2v) is 5.68. The largest absolute Gasteiger partial charge is 0.462 e. The molecular formula is C18H21N7O. The van der Waals surface area contributed by atoms with Gasteiger partial charge in [0.1, 0.15) is 18.8 Å². The topological polar surface area (TPSA) is 89.6 Å². The van der Waals surface area contributed by atoms with Crippen molar-refractivity contribution >= 4 is 5.82 Å². The zero-order valence-electron chi connectivity index (χ0n) is 14.8. The number of imidazole rings is 1. The van der Waals surface area contributed by atoms with Crippen LogP contribution in [-0.2, 0) is 6.54 Å². The highest BCUT2D eigenvalue weighted by Gasteiger charge is 2.07. The first-order valence-corrected chi connectivity index (χ1v) is 8.32. The molecule has 0 saturated carbocycles. The first-order valence-electron chi connectivity index (χ1n) is 8.32. The van der Waals surface area contributed by atoms with Crippen LogP contribution in [0.15, 0.2) is 59.3 Å². The van der Waals surface area contributed by atoms with Crippen molar-refractivity contribution in [2.75, 3.05) is 20.2 Å². The number of ether oxygens (including phenoxy) is 1. The molecule has 3 rings (SSSR count). The monoisotopic (exact) mass is 351 g/mol. The van der Waals surface area contributed by atoms with Crippen LogP contribution in [0.3, 0.4) is 0 Å². The lowest BCUT2D eigenvalue weighted by atomic mass is 10.1. The third-order valence-corrected chi connectivity index (χ3v) is 3.54. The highest BCUT2D eigenvalue weighted by Crippen LogP contribution is 2.18. The summed E-state index contributed by atoms with van der Waals surface area (Å²) in [6, 6.07) is 10.2. The third-order valence-electron chi connectivity index (χ3n) is 3.54. The van der Waals surface area contributed by atoms with Gasteiger partial charge in [-0.1, -0.05) is 29.8 Å². The molecule has 8 nitrogen and oxygen atoms in total. The van der Waals surface area contributed by atoms with Gasteiger partial charge in [-0.15, -0.1) is 5.11 Å². The summed E-state index contributed by atoms with van der Waals surface area (Å²) in [5.74, 6) is 1.07. The van der Waals surface area contributed by atoms with E-state index < -0.39 is 0 Å². The summed E-state index contributed by atoms with van der Waals surface area (Å²) >= 11 is 0. The molecule has 1 N–H and O–H groups in total. The predicted octanol–water partition coefficient (Wildman–Crippen LogP) is 2.85. The van der Waals surface area contributed by atoms with Crippen LogP contribution < -0.4 is 10.1 Å². The number of likely N-dealkylation sites (N-methyl/N-ethyl adjacent to an activating group) is 1. The number of hydrogen-bond acceptors (Lipinski definition) is 7. The second-order valence-electron chi connectivity index (χ2n) is 5.68. The van der Waals surface area contributed by atoms with Gasteiger partial charge in [0.05, 0.1) is 6.54 Å². The average molecular weight is 351 g/mol. The van der Waals surface area contributed by atoms with Crippen molar-refractivity contribution in [3.05, 3.63) is 60.2 Å². The van der Waals surface area contributed by atoms with E-state index in [1.807, 2.05) is 19.2 Å². The highest BCUT2D eigenvalue weighted by atomic mass is 16.5. The molecule has 0 fully saturated rings. The Hall–Kier alpha value is -3.13. The zero-order chi connectivity index (χ0) is 18.2. The molecule has 0 aliphatic rings. The van der Waals surface area contributed by atoms with Crippen molar-refractivity contribution < 1.29 is 4.74 Å². The maximum atomic E-state index is 5.59. The molecule has 0 saturated heterocycles. The molecule has 0 radical (unpaired) electrons. The van der Waals surface area contributed by atoms with E-state index in [9.17, 15) is 0 Å². The number of azo groups is 1. The quantitative estimate of drug-likeness (QED) is 0.498. The smallest absolute Gasteiger partial charge is 0.320 e. The number of nitrogens with one attached hydrogen (secondary N) is 1. The molecule has 0 aliphatic carbocycles. The molecule has 2 aromatic heterocycles. The van der Waals surface area contributed by atoms with Crippen LogP contribution in [-0.4, -0.2) is 39.7 Å². The molecule has 8 heteroatoms. The lowest BCUT2D eigenvalue weighted by molar-refractivity contribution is 0.293. The van der Waals surface area contributed by atoms with Crippen LogP contribution >= 0.6 is 0 Å². The Morgan fingerprint density at radius 3 is 2.92 bits per heavy atom. The van der Waals surface area contributed by atoms with Crippen LogP contribution in [0, 0.1) is 6.92 Å². The fourth-order valence-electron chi connectivity index (χ4n) is 2.29. The fourth-order valence-corrected chi connectivity index (χ4v) is 2.29. The van der Waals surface area contributed by atoms with Gasteiger partial charge in [0.15, 0.2) is 5.82 Å². The number of benzene rings is 1. The molecule has 26 heavy (non-hydrogen) atoms. The van der Waals surface area contributed by atoms with Gasteiger partial charge in [-0.05, 0) is 19.5 Å². The molecule has 0 aliphatic heterocycles. The summed E-state index contributed by atoms with van der Waals surface area (Å²) in [6.07, 6.45) is 5.14. The molecule has 134 valence electrons. The number of hydrogen-bond donors (Lipinski definition) is 1. The first-order chi connectivity index (χ1) is 12.7. The molecular weight excluding hydrogens is 330 g/mol. The lowest BCUT2D eigenvalue weighted by Crippen LogP contribution is -2.17. The van der Waals surface area contributed by atoms with Gasteiger partial charge in [-0.25, -0.2) is 4.98 Å². The summed E-state index contributed by atoms with van der Waals surface area (Å²) in [5, 5.41) is 11.5. The Balaban J connectivity index is 1.79. The Labute approximate surface area is 152 Å². The van der Waals surface area contributed by atoms with Gasteiger partial charge in [-0.3, -0.25) is 4.57 Å². The average Bonchev–Trinajstić information content (AvgIpc) is 3.17. The molecule has 0 bridgehead atoms. The van der Waals surface area contributed by atoms with Crippen molar-refractivity contribution in [3.63, 3.8) is 0 Å². The number of aryl methyl sites for hydroxylation is 1. The van der Waals surface area contributed by atoms with E-state index in [0.29, 0.717) is 31.3 Å². The van der Waals surface area contributed by atoms with Crippen molar-refractivity contribution in [1.29, 1.82) is 0 Å². The molecule has 1 aromatic carbocycles. The maximum absolute atomic E-state index is 5.59. The van der Waals surface area contributed by atoms with E-state index in [1.165, 1.54) is 5.56 Å². The molecule has 3 aromatic rings. The van der Waals surface area contributed by atoms with Gasteiger partial charge >= 0.3 is 6.01 Å². The summed E-state index contributed by atoms with van der Waals surface area (Å²) < 4.78 is 7.36. The van der Waals surface area contributed by atoms with Gasteiger partial charge in [0.25, 0.3) is 0 Å². The second kappa shape index (κ2) is 8.82. The van der Waals surface area contributed by atoms with Crippen molar-refractivity contribution in [2.24, 2.45) is 10.2 Å². The first kappa shape index (κ1) is 17.7. The number of nitrogens with zero attached hydrogens (tertiary/aromatic N) is 6. The summed E-state index contributed by atoms with van der Waals surface area (Å²) in [5.41, 5.74) is 2.30. The van der Waals surface area contributed by atoms with E-state index in [2.05, 4.69) is 49.6 Å². The van der Waals surface area contributed by atoms with Crippen LogP contribution in [0.1, 0.15) is 11.1 Å². The van der Waals surface area contributed by atoms with Crippen LogP contribution in [0.5, 0.6) is 6.01 Å². The summed E-state index contributed by atoms with van der Waals surface area (Å²) in [7, 11) is 1.86. The molecule has 0 unspecified atom stereocenters. The van der Waals surface area contributed by atoms with Crippen molar-refractivity contribution in [1.82, 2.24) is 24.8 Å². The van der Waals surface area contributed by atoms with E-state index in [-0.39, 0.29) is 6.01 Å². The number of aromatic nitrogens is 4. The number of rotatable bonds is 8. The van der Waals surface area contributed by atoms with Gasteiger partial charge < -0.3 is 10.1 Å². The molecule has 2 heterocycles. The minimum Gasteiger partial charge on any atom is -0.462 e. The summed E-state index contributed by atoms with van der Waals surface area (Å²) in [6.45, 7) is 3.70. The van der Waals surface area contributed by atoms with E-state index >= 15 is 0 Å². The van der Waals surface area contributed by atoms with Crippen molar-refractivity contribution in [3.8, 4) is 11.8 Å². The Morgan fingerprint density at radius 2 is 2.15 bits per heavy atom. The lowest BCUT2D eigenvalue weighted by Gasteiger charge is -2.07. The summed E-state index contributed by atoms with van der Waals surface area (Å²) in [4.78, 5) is 12.7. The van der Waals surface area contributed by atoms with Crippen LogP contribution in [0.2, 0.25) is 0 Å². The van der Waals surface area contributed by atoms with E-state index in [4.69, 9.17) is 4.74 Å². The normalized spacial score (nSPS) is 11.2. The van der Waals surface area contributed by atoms with Gasteiger partial charge in [-0.2, -0.15) is 15.1 Å². The fraction of sp³-hybridized carbons (Fsp3) is 0.278. The Morgan fingerprint density at radius 1 is 1.23 bits per heavy atom. The Bertz CT molecular complexity index is 862.